The van der Waals surface area contributed by atoms with Gasteiger partial charge < -0.3 is 14.8 Å². The molecule has 0 heterocycles. The first-order valence-corrected chi connectivity index (χ1v) is 6.43. The van der Waals surface area contributed by atoms with Crippen LogP contribution in [0.2, 0.25) is 0 Å². The molecule has 2 rings (SSSR count). The molecule has 0 aliphatic rings. The van der Waals surface area contributed by atoms with Crippen LogP contribution in [0.1, 0.15) is 11.1 Å². The van der Waals surface area contributed by atoms with Gasteiger partial charge in [0.05, 0.1) is 0 Å². The van der Waals surface area contributed by atoms with Crippen LogP contribution in [0.3, 0.4) is 0 Å². The van der Waals surface area contributed by atoms with Gasteiger partial charge in [0.15, 0.2) is 6.61 Å². The normalized spacial score (nSPS) is 11.3. The van der Waals surface area contributed by atoms with Crippen LogP contribution in [-0.4, -0.2) is 23.8 Å². The molecule has 6 heteroatoms. The zero-order valence-corrected chi connectivity index (χ0v) is 11.5. The molecule has 0 unspecified atom stereocenters. The van der Waals surface area contributed by atoms with Gasteiger partial charge in [0.1, 0.15) is 5.75 Å². The maximum atomic E-state index is 14.0. The van der Waals surface area contributed by atoms with Crippen molar-refractivity contribution < 1.29 is 23.6 Å². The minimum Gasteiger partial charge on any atom is -0.487 e. The number of aryl methyl sites for hydroxylation is 1. The highest BCUT2D eigenvalue weighted by atomic mass is 19.3. The molecule has 0 fully saturated rings. The fraction of sp³-hybridized carbons (Fsp3) is 0.200. The van der Waals surface area contributed by atoms with Crippen LogP contribution in [0, 0.1) is 6.92 Å². The van der Waals surface area contributed by atoms with Crippen LogP contribution >= 0.6 is 0 Å². The van der Waals surface area contributed by atoms with E-state index in [2.05, 4.69) is 0 Å². The summed E-state index contributed by atoms with van der Waals surface area (Å²) < 4.78 is 33.1. The van der Waals surface area contributed by atoms with Gasteiger partial charge in [-0.15, -0.1) is 0 Å². The Balaban J connectivity index is 2.16. The zero-order chi connectivity index (χ0) is 15.5. The van der Waals surface area contributed by atoms with Crippen molar-refractivity contribution >= 4 is 12.6 Å². The first-order chi connectivity index (χ1) is 9.90. The standard InChI is InChI=1S/C15H15BF2O3/c1-11-7-8-14(13(9-11)16(19)20)21-10-15(17,18)12-5-3-2-4-6-12/h2-9,19-20H,10H2,1H3. The SMILES string of the molecule is Cc1ccc(OCC(F)(F)c2ccccc2)c(B(O)O)c1. The van der Waals surface area contributed by atoms with Crippen molar-refractivity contribution in [3.8, 4) is 5.75 Å². The summed E-state index contributed by atoms with van der Waals surface area (Å²) in [4.78, 5) is 0. The van der Waals surface area contributed by atoms with Crippen LogP contribution in [0.25, 0.3) is 0 Å². The predicted octanol–water partition coefficient (Wildman–Crippen LogP) is 1.85. The number of benzene rings is 2. The average Bonchev–Trinajstić information content (AvgIpc) is 2.47. The van der Waals surface area contributed by atoms with E-state index in [9.17, 15) is 18.8 Å². The largest absolute Gasteiger partial charge is 0.492 e. The van der Waals surface area contributed by atoms with Gasteiger partial charge in [0, 0.05) is 11.0 Å². The van der Waals surface area contributed by atoms with Crippen LogP contribution in [0.4, 0.5) is 8.78 Å². The minimum atomic E-state index is -3.16. The van der Waals surface area contributed by atoms with Crippen LogP contribution in [-0.2, 0) is 5.92 Å². The lowest BCUT2D eigenvalue weighted by molar-refractivity contribution is -0.0465. The highest BCUT2D eigenvalue weighted by molar-refractivity contribution is 6.59. The molecule has 21 heavy (non-hydrogen) atoms. The van der Waals surface area contributed by atoms with Gasteiger partial charge in [-0.2, -0.15) is 8.78 Å². The summed E-state index contributed by atoms with van der Waals surface area (Å²) in [5, 5.41) is 18.5. The molecule has 0 aromatic heterocycles. The van der Waals surface area contributed by atoms with Crippen molar-refractivity contribution in [3.63, 3.8) is 0 Å². The van der Waals surface area contributed by atoms with Gasteiger partial charge >= 0.3 is 13.0 Å². The Morgan fingerprint density at radius 2 is 1.76 bits per heavy atom. The lowest BCUT2D eigenvalue weighted by Crippen LogP contribution is -2.33. The molecule has 110 valence electrons. The molecule has 2 aromatic rings. The maximum Gasteiger partial charge on any atom is 0.492 e. The van der Waals surface area contributed by atoms with Crippen molar-refractivity contribution in [2.24, 2.45) is 0 Å². The second-order valence-corrected chi connectivity index (χ2v) is 4.77. The second-order valence-electron chi connectivity index (χ2n) is 4.77. The number of ether oxygens (including phenoxy) is 1. The van der Waals surface area contributed by atoms with Crippen LogP contribution in [0.15, 0.2) is 48.5 Å². The van der Waals surface area contributed by atoms with E-state index in [1.165, 1.54) is 36.4 Å². The van der Waals surface area contributed by atoms with E-state index in [0.717, 1.165) is 5.56 Å². The smallest absolute Gasteiger partial charge is 0.487 e. The van der Waals surface area contributed by atoms with E-state index in [0.29, 0.717) is 0 Å². The fourth-order valence-corrected chi connectivity index (χ4v) is 1.93. The molecule has 0 aliphatic heterocycles. The molecule has 0 saturated carbocycles. The molecule has 0 bridgehead atoms. The molecule has 0 atom stereocenters. The summed E-state index contributed by atoms with van der Waals surface area (Å²) >= 11 is 0. The minimum absolute atomic E-state index is 0.0335. The Morgan fingerprint density at radius 1 is 1.10 bits per heavy atom. The highest BCUT2D eigenvalue weighted by Crippen LogP contribution is 2.28. The summed E-state index contributed by atoms with van der Waals surface area (Å²) in [6.45, 7) is 0.883. The molecule has 2 N–H and O–H groups in total. The molecular formula is C15H15BF2O3. The Morgan fingerprint density at radius 3 is 2.38 bits per heavy atom. The number of alkyl halides is 2. The van der Waals surface area contributed by atoms with Crippen LogP contribution in [0.5, 0.6) is 5.75 Å². The van der Waals surface area contributed by atoms with Gasteiger partial charge in [-0.05, 0) is 13.0 Å². The first kappa shape index (κ1) is 15.5. The molecule has 0 saturated heterocycles. The molecule has 0 spiro atoms. The molecule has 0 radical (unpaired) electrons. The lowest BCUT2D eigenvalue weighted by Gasteiger charge is -2.19. The van der Waals surface area contributed by atoms with E-state index in [-0.39, 0.29) is 16.8 Å². The van der Waals surface area contributed by atoms with E-state index in [4.69, 9.17) is 4.74 Å². The molecule has 3 nitrogen and oxygen atoms in total. The maximum absolute atomic E-state index is 14.0. The molecule has 2 aromatic carbocycles. The summed E-state index contributed by atoms with van der Waals surface area (Å²) in [5.41, 5.74) is 0.697. The topological polar surface area (TPSA) is 49.7 Å². The Hall–Kier alpha value is -1.92. The summed E-state index contributed by atoms with van der Waals surface area (Å²) in [7, 11) is -1.77. The Labute approximate surface area is 122 Å². The summed E-state index contributed by atoms with van der Waals surface area (Å²) in [5.74, 6) is -3.13. The third-order valence-corrected chi connectivity index (χ3v) is 3.05. The third kappa shape index (κ3) is 3.80. The monoisotopic (exact) mass is 292 g/mol. The number of rotatable bonds is 5. The fourth-order valence-electron chi connectivity index (χ4n) is 1.93. The second kappa shape index (κ2) is 6.24. The molecule has 0 amide bonds. The zero-order valence-electron chi connectivity index (χ0n) is 11.5. The van der Waals surface area contributed by atoms with Crippen molar-refractivity contribution in [2.45, 2.75) is 12.8 Å². The van der Waals surface area contributed by atoms with E-state index >= 15 is 0 Å². The molecular weight excluding hydrogens is 277 g/mol. The summed E-state index contributed by atoms with van der Waals surface area (Å²) in [6, 6.07) is 11.9. The van der Waals surface area contributed by atoms with Gasteiger partial charge in [-0.3, -0.25) is 0 Å². The quantitative estimate of drug-likeness (QED) is 0.827. The van der Waals surface area contributed by atoms with Crippen LogP contribution < -0.4 is 10.2 Å². The van der Waals surface area contributed by atoms with Crippen molar-refractivity contribution in [1.29, 1.82) is 0 Å². The number of hydrogen-bond acceptors (Lipinski definition) is 3. The summed E-state index contributed by atoms with van der Waals surface area (Å²) in [6.07, 6.45) is 0. The predicted molar refractivity (Wildman–Crippen MR) is 76.8 cm³/mol. The van der Waals surface area contributed by atoms with Gasteiger partial charge in [0.25, 0.3) is 0 Å². The highest BCUT2D eigenvalue weighted by Gasteiger charge is 2.33. The van der Waals surface area contributed by atoms with Crippen molar-refractivity contribution in [2.75, 3.05) is 6.61 Å². The Kier molecular flexibility index (Phi) is 4.60. The van der Waals surface area contributed by atoms with Gasteiger partial charge in [-0.1, -0.05) is 48.0 Å². The van der Waals surface area contributed by atoms with E-state index in [1.807, 2.05) is 0 Å². The van der Waals surface area contributed by atoms with Crippen molar-refractivity contribution in [3.05, 3.63) is 59.7 Å². The third-order valence-electron chi connectivity index (χ3n) is 3.05. The van der Waals surface area contributed by atoms with Gasteiger partial charge in [0.2, 0.25) is 0 Å². The van der Waals surface area contributed by atoms with E-state index in [1.54, 1.807) is 19.1 Å². The van der Waals surface area contributed by atoms with Crippen molar-refractivity contribution in [1.82, 2.24) is 0 Å². The Bertz CT molecular complexity index is 603. The average molecular weight is 292 g/mol. The lowest BCUT2D eigenvalue weighted by atomic mass is 9.79. The first-order valence-electron chi connectivity index (χ1n) is 6.43. The van der Waals surface area contributed by atoms with E-state index < -0.39 is 19.6 Å². The van der Waals surface area contributed by atoms with Gasteiger partial charge in [-0.25, -0.2) is 0 Å². The molecule has 0 aliphatic carbocycles. The number of hydrogen-bond donors (Lipinski definition) is 2. The number of halogens is 2.